The molecule has 0 N–H and O–H groups in total. The van der Waals surface area contributed by atoms with Gasteiger partial charge in [0, 0.05) is 19.1 Å². The van der Waals surface area contributed by atoms with Gasteiger partial charge in [-0.2, -0.15) is 0 Å². The molecule has 0 fully saturated rings. The van der Waals surface area contributed by atoms with Gasteiger partial charge in [-0.1, -0.05) is 16.8 Å². The highest BCUT2D eigenvalue weighted by Crippen LogP contribution is 2.07. The van der Waals surface area contributed by atoms with Gasteiger partial charge in [0.25, 0.3) is 0 Å². The quantitative estimate of drug-likeness (QED) is 0.412. The molecule has 5 heteroatoms. The van der Waals surface area contributed by atoms with Crippen LogP contribution in [0.4, 0.5) is 0 Å². The Morgan fingerprint density at radius 2 is 2.33 bits per heavy atom. The van der Waals surface area contributed by atoms with Crippen molar-refractivity contribution in [2.75, 3.05) is 13.2 Å². The smallest absolute Gasteiger partial charge is 0.237 e. The van der Waals surface area contributed by atoms with Crippen molar-refractivity contribution in [2.45, 2.75) is 32.4 Å². The van der Waals surface area contributed by atoms with Crippen LogP contribution >= 0.6 is 11.6 Å². The maximum Gasteiger partial charge on any atom is 0.237 e. The Labute approximate surface area is 94.5 Å². The second-order valence-corrected chi connectivity index (χ2v) is 3.50. The van der Waals surface area contributed by atoms with Crippen LogP contribution in [0.15, 0.2) is 10.6 Å². The van der Waals surface area contributed by atoms with Crippen molar-refractivity contribution in [3.05, 3.63) is 17.5 Å². The maximum atomic E-state index is 5.69. The Bertz CT molecular complexity index is 277. The highest BCUT2D eigenvalue weighted by Gasteiger charge is 2.04. The summed E-state index contributed by atoms with van der Waals surface area (Å²) < 4.78 is 15.2. The lowest BCUT2D eigenvalue weighted by Gasteiger charge is -2.09. The Kier molecular flexibility index (Phi) is 5.68. The van der Waals surface area contributed by atoms with Crippen molar-refractivity contribution in [1.29, 1.82) is 0 Å². The summed E-state index contributed by atoms with van der Waals surface area (Å²) >= 11 is 5.69. The van der Waals surface area contributed by atoms with E-state index in [0.29, 0.717) is 13.2 Å². The third-order valence-corrected chi connectivity index (χ3v) is 2.04. The van der Waals surface area contributed by atoms with E-state index in [2.05, 4.69) is 5.16 Å². The summed E-state index contributed by atoms with van der Waals surface area (Å²) in [5, 5.41) is 3.79. The van der Waals surface area contributed by atoms with Crippen molar-refractivity contribution in [1.82, 2.24) is 5.16 Å². The molecule has 0 bridgehead atoms. The van der Waals surface area contributed by atoms with Gasteiger partial charge in [0.1, 0.15) is 5.76 Å². The Morgan fingerprint density at radius 3 is 2.93 bits per heavy atom. The van der Waals surface area contributed by atoms with Crippen LogP contribution < -0.4 is 0 Å². The minimum atomic E-state index is -0.647. The molecule has 0 spiro atoms. The molecular weight excluding hydrogens is 218 g/mol. The highest BCUT2D eigenvalue weighted by atomic mass is 35.5. The number of alkyl halides is 1. The van der Waals surface area contributed by atoms with E-state index in [0.717, 1.165) is 24.3 Å². The largest absolute Gasteiger partial charge is 0.361 e. The zero-order valence-corrected chi connectivity index (χ0v) is 9.79. The summed E-state index contributed by atoms with van der Waals surface area (Å²) in [6, 6.07) is 1.92. The van der Waals surface area contributed by atoms with Crippen molar-refractivity contribution < 1.29 is 14.0 Å². The molecule has 1 atom stereocenters. The van der Waals surface area contributed by atoms with Crippen LogP contribution in [0.2, 0.25) is 0 Å². The summed E-state index contributed by atoms with van der Waals surface area (Å²) in [5.74, 6) is 0.227. The lowest BCUT2D eigenvalue weighted by Crippen LogP contribution is -2.11. The predicted molar refractivity (Wildman–Crippen MR) is 56.8 cm³/mol. The molecule has 0 saturated carbocycles. The lowest BCUT2D eigenvalue weighted by molar-refractivity contribution is -0.0844. The third kappa shape index (κ3) is 5.16. The Morgan fingerprint density at radius 1 is 1.53 bits per heavy atom. The number of nitrogens with zero attached hydrogens (tertiary/aromatic N) is 1. The van der Waals surface area contributed by atoms with Gasteiger partial charge in [-0.15, -0.1) is 0 Å². The molecule has 0 aromatic carbocycles. The molecule has 0 radical (unpaired) electrons. The minimum Gasteiger partial charge on any atom is -0.361 e. The van der Waals surface area contributed by atoms with Crippen LogP contribution in [0.5, 0.6) is 0 Å². The minimum absolute atomic E-state index is 0.550. The first-order valence-corrected chi connectivity index (χ1v) is 5.45. The van der Waals surface area contributed by atoms with E-state index in [-0.39, 0.29) is 0 Å². The van der Waals surface area contributed by atoms with Crippen LogP contribution in [-0.2, 0) is 15.9 Å². The second-order valence-electron chi connectivity index (χ2n) is 3.14. The van der Waals surface area contributed by atoms with Crippen molar-refractivity contribution in [3.63, 3.8) is 0 Å². The molecule has 15 heavy (non-hydrogen) atoms. The van der Waals surface area contributed by atoms with Gasteiger partial charge in [-0.05, 0) is 20.3 Å². The van der Waals surface area contributed by atoms with Gasteiger partial charge < -0.3 is 14.0 Å². The summed E-state index contributed by atoms with van der Waals surface area (Å²) in [4.78, 5) is 0. The molecule has 86 valence electrons. The number of hydrogen-bond donors (Lipinski definition) is 0. The number of aryl methyl sites for hydroxylation is 2. The average molecular weight is 234 g/mol. The van der Waals surface area contributed by atoms with E-state index in [9.17, 15) is 0 Å². The number of ether oxygens (including phenoxy) is 2. The average Bonchev–Trinajstić information content (AvgIpc) is 2.60. The fourth-order valence-corrected chi connectivity index (χ4v) is 1.35. The van der Waals surface area contributed by atoms with Gasteiger partial charge >= 0.3 is 0 Å². The molecule has 0 saturated heterocycles. The van der Waals surface area contributed by atoms with Crippen LogP contribution in [-0.4, -0.2) is 24.1 Å². The number of aromatic nitrogens is 1. The molecular formula is C10H16ClNO3. The van der Waals surface area contributed by atoms with Gasteiger partial charge in [-0.3, -0.25) is 0 Å². The van der Waals surface area contributed by atoms with Gasteiger partial charge in [0.15, 0.2) is 0 Å². The standard InChI is InChI=1S/C10H16ClNO3/c1-3-13-10(11)14-6-4-5-9-7-8(2)12-15-9/h7,10H,3-6H2,1-2H3. The molecule has 4 nitrogen and oxygen atoms in total. The molecule has 1 heterocycles. The molecule has 1 aromatic heterocycles. The summed E-state index contributed by atoms with van der Waals surface area (Å²) in [5.41, 5.74) is 0.899. The van der Waals surface area contributed by atoms with E-state index in [4.69, 9.17) is 25.6 Å². The zero-order valence-electron chi connectivity index (χ0n) is 9.03. The maximum absolute atomic E-state index is 5.69. The summed E-state index contributed by atoms with van der Waals surface area (Å²) in [6.45, 7) is 4.87. The van der Waals surface area contributed by atoms with Crippen molar-refractivity contribution >= 4 is 11.6 Å². The third-order valence-electron chi connectivity index (χ3n) is 1.79. The number of halogens is 1. The predicted octanol–water partition coefficient (Wildman–Crippen LogP) is 2.49. The van der Waals surface area contributed by atoms with Crippen LogP contribution in [0.3, 0.4) is 0 Å². The van der Waals surface area contributed by atoms with E-state index < -0.39 is 5.75 Å². The molecule has 0 aliphatic heterocycles. The first-order valence-electron chi connectivity index (χ1n) is 5.02. The topological polar surface area (TPSA) is 44.5 Å². The van der Waals surface area contributed by atoms with E-state index in [1.165, 1.54) is 0 Å². The number of rotatable bonds is 7. The van der Waals surface area contributed by atoms with E-state index in [1.54, 1.807) is 0 Å². The summed E-state index contributed by atoms with van der Waals surface area (Å²) in [6.07, 6.45) is 1.64. The SMILES string of the molecule is CCOC(Cl)OCCCc1cc(C)no1. The van der Waals surface area contributed by atoms with Gasteiger partial charge in [0.2, 0.25) is 5.75 Å². The van der Waals surface area contributed by atoms with Gasteiger partial charge in [-0.25, -0.2) is 0 Å². The van der Waals surface area contributed by atoms with E-state index >= 15 is 0 Å². The number of hydrogen-bond acceptors (Lipinski definition) is 4. The molecule has 0 amide bonds. The normalized spacial score (nSPS) is 13.0. The Balaban J connectivity index is 2.06. The zero-order chi connectivity index (χ0) is 11.1. The molecule has 0 aliphatic rings. The molecule has 1 unspecified atom stereocenters. The fraction of sp³-hybridized carbons (Fsp3) is 0.700. The molecule has 0 aliphatic carbocycles. The highest BCUT2D eigenvalue weighted by molar-refractivity contribution is 6.18. The van der Waals surface area contributed by atoms with Crippen LogP contribution in [0, 0.1) is 6.92 Å². The Hall–Kier alpha value is -0.580. The first kappa shape index (κ1) is 12.5. The lowest BCUT2D eigenvalue weighted by atomic mass is 10.2. The van der Waals surface area contributed by atoms with Crippen molar-refractivity contribution in [3.8, 4) is 0 Å². The van der Waals surface area contributed by atoms with Crippen LogP contribution in [0.1, 0.15) is 24.8 Å². The van der Waals surface area contributed by atoms with E-state index in [1.807, 2.05) is 19.9 Å². The van der Waals surface area contributed by atoms with Crippen LogP contribution in [0.25, 0.3) is 0 Å². The second kappa shape index (κ2) is 6.82. The summed E-state index contributed by atoms with van der Waals surface area (Å²) in [7, 11) is 0. The fourth-order valence-electron chi connectivity index (χ4n) is 1.14. The molecule has 1 aromatic rings. The van der Waals surface area contributed by atoms with Gasteiger partial charge in [0.05, 0.1) is 12.3 Å². The first-order chi connectivity index (χ1) is 7.22. The van der Waals surface area contributed by atoms with Crippen molar-refractivity contribution in [2.24, 2.45) is 0 Å². The monoisotopic (exact) mass is 233 g/mol. The molecule has 1 rings (SSSR count).